The number of carbonyl (C=O) groups is 3. The van der Waals surface area contributed by atoms with Crippen molar-refractivity contribution in [1.82, 2.24) is 5.32 Å². The molecule has 1 amide bonds. The Labute approximate surface area is 128 Å². The van der Waals surface area contributed by atoms with Gasteiger partial charge in [-0.05, 0) is 19.4 Å². The van der Waals surface area contributed by atoms with Crippen LogP contribution in [0.4, 0.5) is 0 Å². The third-order valence-electron chi connectivity index (χ3n) is 3.80. The van der Waals surface area contributed by atoms with Gasteiger partial charge in [0.1, 0.15) is 5.60 Å². The van der Waals surface area contributed by atoms with Crippen LogP contribution in [0.1, 0.15) is 38.3 Å². The predicted octanol–water partition coefficient (Wildman–Crippen LogP) is 1.66. The normalized spacial score (nSPS) is 21.0. The van der Waals surface area contributed by atoms with Crippen LogP contribution in [0.2, 0.25) is 0 Å². The molecule has 6 nitrogen and oxygen atoms in total. The van der Waals surface area contributed by atoms with Crippen molar-refractivity contribution in [3.63, 3.8) is 0 Å². The van der Waals surface area contributed by atoms with Crippen LogP contribution in [0.25, 0.3) is 0 Å². The molecule has 2 unspecified atom stereocenters. The predicted molar refractivity (Wildman–Crippen MR) is 77.9 cm³/mol. The Morgan fingerprint density at radius 2 is 2.00 bits per heavy atom. The topological polar surface area (TPSA) is 92.7 Å². The van der Waals surface area contributed by atoms with Crippen LogP contribution in [-0.2, 0) is 19.1 Å². The zero-order chi connectivity index (χ0) is 16.3. The molecule has 1 aromatic rings. The standard InChI is InChI=1S/C16H19NO5/c1-16(2)11(8-14(20)22-16)15(21)17-12(9-13(18)19)10-6-4-3-5-7-10/h3-7,11-12H,8-9H2,1-2H3,(H,17,21)(H,18,19). The Bertz CT molecular complexity index is 581. The Kier molecular flexibility index (Phi) is 4.49. The summed E-state index contributed by atoms with van der Waals surface area (Å²) in [6.45, 7) is 3.35. The molecule has 118 valence electrons. The first-order chi connectivity index (χ1) is 10.3. The first-order valence-electron chi connectivity index (χ1n) is 7.08. The van der Waals surface area contributed by atoms with E-state index in [0.29, 0.717) is 5.56 Å². The van der Waals surface area contributed by atoms with E-state index >= 15 is 0 Å². The molecule has 0 radical (unpaired) electrons. The summed E-state index contributed by atoms with van der Waals surface area (Å²) in [6, 6.07) is 8.25. The number of carboxylic acid groups (broad SMARTS) is 1. The maximum atomic E-state index is 12.4. The van der Waals surface area contributed by atoms with E-state index in [2.05, 4.69) is 5.32 Å². The van der Waals surface area contributed by atoms with Gasteiger partial charge in [-0.2, -0.15) is 0 Å². The molecule has 0 saturated carbocycles. The number of esters is 1. The number of carbonyl (C=O) groups excluding carboxylic acids is 2. The lowest BCUT2D eigenvalue weighted by Crippen LogP contribution is -2.42. The highest BCUT2D eigenvalue weighted by Gasteiger charge is 2.46. The minimum absolute atomic E-state index is 0.00736. The molecule has 0 spiro atoms. The molecule has 1 aromatic carbocycles. The van der Waals surface area contributed by atoms with Crippen LogP contribution in [0.3, 0.4) is 0 Å². The molecule has 6 heteroatoms. The van der Waals surface area contributed by atoms with Crippen molar-refractivity contribution in [3.05, 3.63) is 35.9 Å². The van der Waals surface area contributed by atoms with Gasteiger partial charge in [-0.15, -0.1) is 0 Å². The van der Waals surface area contributed by atoms with Crippen LogP contribution in [0.15, 0.2) is 30.3 Å². The minimum atomic E-state index is -1.01. The lowest BCUT2D eigenvalue weighted by molar-refractivity contribution is -0.147. The highest BCUT2D eigenvalue weighted by atomic mass is 16.6. The zero-order valence-electron chi connectivity index (χ0n) is 12.5. The van der Waals surface area contributed by atoms with Gasteiger partial charge in [0.25, 0.3) is 0 Å². The average molecular weight is 305 g/mol. The highest BCUT2D eigenvalue weighted by molar-refractivity contribution is 5.88. The van der Waals surface area contributed by atoms with Crippen molar-refractivity contribution in [3.8, 4) is 0 Å². The number of cyclic esters (lactones) is 1. The van der Waals surface area contributed by atoms with Gasteiger partial charge in [-0.3, -0.25) is 14.4 Å². The van der Waals surface area contributed by atoms with E-state index < -0.39 is 29.5 Å². The summed E-state index contributed by atoms with van der Waals surface area (Å²) >= 11 is 0. The third-order valence-corrected chi connectivity index (χ3v) is 3.80. The summed E-state index contributed by atoms with van der Waals surface area (Å²) < 4.78 is 5.13. The largest absolute Gasteiger partial charge is 0.481 e. The maximum Gasteiger partial charge on any atom is 0.307 e. The molecule has 2 atom stereocenters. The summed E-state index contributed by atoms with van der Waals surface area (Å²) in [5.74, 6) is -2.42. The van der Waals surface area contributed by atoms with E-state index in [-0.39, 0.29) is 18.7 Å². The summed E-state index contributed by atoms with van der Waals surface area (Å²) in [5, 5.41) is 11.8. The number of hydrogen-bond acceptors (Lipinski definition) is 4. The van der Waals surface area contributed by atoms with Crippen LogP contribution in [-0.4, -0.2) is 28.6 Å². The van der Waals surface area contributed by atoms with Crippen molar-refractivity contribution < 1.29 is 24.2 Å². The first-order valence-corrected chi connectivity index (χ1v) is 7.08. The van der Waals surface area contributed by atoms with E-state index in [0.717, 1.165) is 0 Å². The van der Waals surface area contributed by atoms with Gasteiger partial charge < -0.3 is 15.2 Å². The Morgan fingerprint density at radius 3 is 2.50 bits per heavy atom. The van der Waals surface area contributed by atoms with Gasteiger partial charge in [0, 0.05) is 0 Å². The smallest absolute Gasteiger partial charge is 0.307 e. The van der Waals surface area contributed by atoms with Crippen LogP contribution in [0, 0.1) is 5.92 Å². The first kappa shape index (κ1) is 16.0. The fourth-order valence-electron chi connectivity index (χ4n) is 2.61. The van der Waals surface area contributed by atoms with Gasteiger partial charge >= 0.3 is 11.9 Å². The van der Waals surface area contributed by atoms with E-state index in [1.807, 2.05) is 6.07 Å². The van der Waals surface area contributed by atoms with Crippen molar-refractivity contribution in [2.75, 3.05) is 0 Å². The maximum absolute atomic E-state index is 12.4. The lowest BCUT2D eigenvalue weighted by atomic mass is 9.89. The summed E-state index contributed by atoms with van der Waals surface area (Å²) in [6.07, 6.45) is -0.217. The number of nitrogens with one attached hydrogen (secondary N) is 1. The molecule has 1 heterocycles. The highest BCUT2D eigenvalue weighted by Crippen LogP contribution is 2.33. The fraction of sp³-hybridized carbons (Fsp3) is 0.438. The summed E-state index contributed by atoms with van der Waals surface area (Å²) in [7, 11) is 0. The van der Waals surface area contributed by atoms with Crippen molar-refractivity contribution >= 4 is 17.8 Å². The molecule has 0 aromatic heterocycles. The summed E-state index contributed by atoms with van der Waals surface area (Å²) in [4.78, 5) is 34.9. The van der Waals surface area contributed by atoms with Crippen molar-refractivity contribution in [2.24, 2.45) is 5.92 Å². The molecule has 1 aliphatic rings. The molecule has 22 heavy (non-hydrogen) atoms. The number of carboxylic acids is 1. The molecule has 1 saturated heterocycles. The van der Waals surface area contributed by atoms with Crippen molar-refractivity contribution in [1.29, 1.82) is 0 Å². The number of rotatable bonds is 5. The fourth-order valence-corrected chi connectivity index (χ4v) is 2.61. The second-order valence-electron chi connectivity index (χ2n) is 5.90. The van der Waals surface area contributed by atoms with Gasteiger partial charge in [0.15, 0.2) is 0 Å². The Hall–Kier alpha value is -2.37. The molecule has 0 aliphatic carbocycles. The second-order valence-corrected chi connectivity index (χ2v) is 5.90. The number of aliphatic carboxylic acids is 1. The quantitative estimate of drug-likeness (QED) is 0.807. The number of ether oxygens (including phenoxy) is 1. The third kappa shape index (κ3) is 3.63. The Morgan fingerprint density at radius 1 is 1.36 bits per heavy atom. The molecule has 2 rings (SSSR count). The van der Waals surface area contributed by atoms with E-state index in [1.165, 1.54) is 0 Å². The number of amides is 1. The Balaban J connectivity index is 2.15. The molecule has 2 N–H and O–H groups in total. The van der Waals surface area contributed by atoms with E-state index in [4.69, 9.17) is 9.84 Å². The molecular formula is C16H19NO5. The van der Waals surface area contributed by atoms with Crippen LogP contribution in [0.5, 0.6) is 0 Å². The van der Waals surface area contributed by atoms with Gasteiger partial charge in [-0.1, -0.05) is 30.3 Å². The number of benzene rings is 1. The van der Waals surface area contributed by atoms with Crippen LogP contribution >= 0.6 is 0 Å². The van der Waals surface area contributed by atoms with Gasteiger partial charge in [0.2, 0.25) is 5.91 Å². The molecule has 0 bridgehead atoms. The molecular weight excluding hydrogens is 286 g/mol. The second kappa shape index (κ2) is 6.17. The zero-order valence-corrected chi connectivity index (χ0v) is 12.5. The van der Waals surface area contributed by atoms with Crippen molar-refractivity contribution in [2.45, 2.75) is 38.3 Å². The monoisotopic (exact) mass is 305 g/mol. The SMILES string of the molecule is CC1(C)OC(=O)CC1C(=O)NC(CC(=O)O)c1ccccc1. The molecule has 1 fully saturated rings. The van der Waals surface area contributed by atoms with Gasteiger partial charge in [0.05, 0.1) is 24.8 Å². The van der Waals surface area contributed by atoms with E-state index in [1.54, 1.807) is 38.1 Å². The van der Waals surface area contributed by atoms with Gasteiger partial charge in [-0.25, -0.2) is 0 Å². The van der Waals surface area contributed by atoms with E-state index in [9.17, 15) is 14.4 Å². The average Bonchev–Trinajstić information content (AvgIpc) is 2.71. The lowest BCUT2D eigenvalue weighted by Gasteiger charge is -2.26. The summed E-state index contributed by atoms with van der Waals surface area (Å²) in [5.41, 5.74) is -0.174. The molecule has 1 aliphatic heterocycles. The van der Waals surface area contributed by atoms with Crippen LogP contribution < -0.4 is 5.32 Å². The number of hydrogen-bond donors (Lipinski definition) is 2. The minimum Gasteiger partial charge on any atom is -0.481 e.